The van der Waals surface area contributed by atoms with Gasteiger partial charge in [-0.3, -0.25) is 9.69 Å². The van der Waals surface area contributed by atoms with E-state index in [1.807, 2.05) is 5.94 Å². The highest BCUT2D eigenvalue weighted by atomic mass is 16.6. The molecule has 1 heterocycles. The van der Waals surface area contributed by atoms with E-state index in [4.69, 9.17) is 10.5 Å². The SMILES string of the molecule is CCOC(=O)N1CCN(C(N)CCC(=O)OC)C(=C=O)C1. The van der Waals surface area contributed by atoms with Gasteiger partial charge in [0, 0.05) is 19.5 Å². The Labute approximate surface area is 123 Å². The molecule has 0 spiro atoms. The van der Waals surface area contributed by atoms with Crippen molar-refractivity contribution in [2.75, 3.05) is 33.4 Å². The largest absolute Gasteiger partial charge is 0.469 e. The quantitative estimate of drug-likeness (QED) is 0.550. The minimum atomic E-state index is -0.495. The summed E-state index contributed by atoms with van der Waals surface area (Å²) < 4.78 is 9.45. The predicted octanol–water partition coefficient (Wildman–Crippen LogP) is -0.286. The van der Waals surface area contributed by atoms with Gasteiger partial charge >= 0.3 is 12.1 Å². The molecule has 0 radical (unpaired) electrons. The number of methoxy groups -OCH3 is 1. The molecule has 1 saturated heterocycles. The van der Waals surface area contributed by atoms with E-state index in [-0.39, 0.29) is 31.2 Å². The molecule has 2 N–H and O–H groups in total. The topological polar surface area (TPSA) is 102 Å². The van der Waals surface area contributed by atoms with Gasteiger partial charge in [-0.05, 0) is 13.3 Å². The van der Waals surface area contributed by atoms with Crippen molar-refractivity contribution in [3.8, 4) is 0 Å². The first-order valence-corrected chi connectivity index (χ1v) is 6.78. The fraction of sp³-hybridized carbons (Fsp3) is 0.692. The summed E-state index contributed by atoms with van der Waals surface area (Å²) in [5, 5.41) is 0. The highest BCUT2D eigenvalue weighted by molar-refractivity contribution is 5.70. The van der Waals surface area contributed by atoms with Crippen LogP contribution in [0.1, 0.15) is 19.8 Å². The number of nitrogens with zero attached hydrogens (tertiary/aromatic N) is 2. The van der Waals surface area contributed by atoms with Gasteiger partial charge in [-0.1, -0.05) is 0 Å². The Bertz CT molecular complexity index is 434. The second-order valence-electron chi connectivity index (χ2n) is 4.54. The minimum absolute atomic E-state index is 0.105. The number of rotatable bonds is 5. The summed E-state index contributed by atoms with van der Waals surface area (Å²) >= 11 is 0. The van der Waals surface area contributed by atoms with Gasteiger partial charge in [-0.25, -0.2) is 9.59 Å². The van der Waals surface area contributed by atoms with Gasteiger partial charge in [0.1, 0.15) is 11.6 Å². The van der Waals surface area contributed by atoms with Crippen molar-refractivity contribution in [1.29, 1.82) is 0 Å². The van der Waals surface area contributed by atoms with Crippen molar-refractivity contribution in [2.45, 2.75) is 25.9 Å². The van der Waals surface area contributed by atoms with Gasteiger partial charge in [-0.15, -0.1) is 0 Å². The van der Waals surface area contributed by atoms with Crippen LogP contribution < -0.4 is 5.73 Å². The normalized spacial score (nSPS) is 16.2. The van der Waals surface area contributed by atoms with E-state index in [1.54, 1.807) is 11.8 Å². The third kappa shape index (κ3) is 4.77. The van der Waals surface area contributed by atoms with E-state index in [1.165, 1.54) is 12.0 Å². The Morgan fingerprint density at radius 2 is 2.14 bits per heavy atom. The Morgan fingerprint density at radius 3 is 2.71 bits per heavy atom. The van der Waals surface area contributed by atoms with Crippen LogP contribution in [0.2, 0.25) is 0 Å². The zero-order chi connectivity index (χ0) is 15.8. The van der Waals surface area contributed by atoms with Gasteiger partial charge in [0.05, 0.1) is 26.4 Å². The van der Waals surface area contributed by atoms with Crippen molar-refractivity contribution in [3.05, 3.63) is 5.70 Å². The molecule has 0 aromatic heterocycles. The standard InChI is InChI=1S/C13H21N3O5/c1-3-21-13(19)15-6-7-16(10(8-15)9-17)11(14)4-5-12(18)20-2/h11H,3-8,14H2,1-2H3. The first-order valence-electron chi connectivity index (χ1n) is 6.78. The zero-order valence-corrected chi connectivity index (χ0v) is 12.3. The first kappa shape index (κ1) is 17.0. The van der Waals surface area contributed by atoms with Gasteiger partial charge in [-0.2, -0.15) is 0 Å². The molecular weight excluding hydrogens is 278 g/mol. The van der Waals surface area contributed by atoms with Crippen molar-refractivity contribution >= 4 is 18.0 Å². The fourth-order valence-electron chi connectivity index (χ4n) is 2.07. The molecule has 1 unspecified atom stereocenters. The second-order valence-corrected chi connectivity index (χ2v) is 4.54. The van der Waals surface area contributed by atoms with Gasteiger partial charge < -0.3 is 20.1 Å². The lowest BCUT2D eigenvalue weighted by Gasteiger charge is -2.38. The van der Waals surface area contributed by atoms with Crippen LogP contribution in [0.5, 0.6) is 0 Å². The summed E-state index contributed by atoms with van der Waals surface area (Å²) in [6, 6.07) is 0. The third-order valence-electron chi connectivity index (χ3n) is 3.21. The van der Waals surface area contributed by atoms with E-state index in [0.29, 0.717) is 19.5 Å². The van der Waals surface area contributed by atoms with Crippen LogP contribution in [0.25, 0.3) is 0 Å². The highest BCUT2D eigenvalue weighted by Gasteiger charge is 2.29. The molecule has 1 rings (SSSR count). The van der Waals surface area contributed by atoms with Gasteiger partial charge in [0.2, 0.25) is 0 Å². The number of carbonyl (C=O) groups excluding carboxylic acids is 3. The van der Waals surface area contributed by atoms with Crippen LogP contribution in [-0.4, -0.2) is 67.3 Å². The maximum Gasteiger partial charge on any atom is 0.410 e. The number of nitrogens with two attached hydrogens (primary N) is 1. The molecule has 1 fully saturated rings. The Kier molecular flexibility index (Phi) is 6.71. The molecule has 0 aromatic rings. The zero-order valence-electron chi connectivity index (χ0n) is 12.3. The van der Waals surface area contributed by atoms with Crippen molar-refractivity contribution in [3.63, 3.8) is 0 Å². The molecule has 0 aliphatic carbocycles. The number of hydrogen-bond acceptors (Lipinski definition) is 7. The first-order chi connectivity index (χ1) is 10.0. The van der Waals surface area contributed by atoms with E-state index in [0.717, 1.165) is 0 Å². The lowest BCUT2D eigenvalue weighted by atomic mass is 10.2. The summed E-state index contributed by atoms with van der Waals surface area (Å²) in [5.74, 6) is 1.46. The van der Waals surface area contributed by atoms with E-state index in [2.05, 4.69) is 4.74 Å². The molecule has 118 valence electrons. The average molecular weight is 299 g/mol. The maximum absolute atomic E-state index is 11.6. The summed E-state index contributed by atoms with van der Waals surface area (Å²) in [6.07, 6.45) is -0.433. The van der Waals surface area contributed by atoms with E-state index in [9.17, 15) is 14.4 Å². The molecule has 0 bridgehead atoms. The lowest BCUT2D eigenvalue weighted by Crippen LogP contribution is -2.53. The Balaban J connectivity index is 2.60. The maximum atomic E-state index is 11.6. The second kappa shape index (κ2) is 8.28. The Morgan fingerprint density at radius 1 is 1.43 bits per heavy atom. The van der Waals surface area contributed by atoms with Crippen LogP contribution in [-0.2, 0) is 19.1 Å². The number of esters is 1. The molecule has 8 nitrogen and oxygen atoms in total. The summed E-state index contributed by atoms with van der Waals surface area (Å²) in [7, 11) is 1.31. The molecule has 1 amide bonds. The van der Waals surface area contributed by atoms with Crippen LogP contribution in [0.4, 0.5) is 4.79 Å². The average Bonchev–Trinajstić information content (AvgIpc) is 2.51. The van der Waals surface area contributed by atoms with E-state index >= 15 is 0 Å². The molecule has 1 atom stereocenters. The summed E-state index contributed by atoms with van der Waals surface area (Å²) in [5.41, 5.74) is 6.27. The molecule has 8 heteroatoms. The molecule has 0 saturated carbocycles. The molecule has 1 aliphatic rings. The summed E-state index contributed by atoms with van der Waals surface area (Å²) in [4.78, 5) is 36.9. The third-order valence-corrected chi connectivity index (χ3v) is 3.21. The van der Waals surface area contributed by atoms with E-state index < -0.39 is 12.3 Å². The monoisotopic (exact) mass is 299 g/mol. The van der Waals surface area contributed by atoms with Crippen LogP contribution >= 0.6 is 0 Å². The number of ether oxygens (including phenoxy) is 2. The Hall–Kier alpha value is -2.05. The van der Waals surface area contributed by atoms with Crippen molar-refractivity contribution in [2.24, 2.45) is 5.73 Å². The van der Waals surface area contributed by atoms with Crippen LogP contribution in [0.3, 0.4) is 0 Å². The highest BCUT2D eigenvalue weighted by Crippen LogP contribution is 2.16. The summed E-state index contributed by atoms with van der Waals surface area (Å²) in [6.45, 7) is 2.89. The fourth-order valence-corrected chi connectivity index (χ4v) is 2.07. The molecule has 0 aromatic carbocycles. The smallest absolute Gasteiger partial charge is 0.410 e. The number of hydrogen-bond donors (Lipinski definition) is 1. The van der Waals surface area contributed by atoms with Crippen LogP contribution in [0, 0.1) is 0 Å². The van der Waals surface area contributed by atoms with Crippen LogP contribution in [0.15, 0.2) is 5.70 Å². The number of piperazine rings is 1. The number of carbonyl (C=O) groups is 2. The minimum Gasteiger partial charge on any atom is -0.469 e. The van der Waals surface area contributed by atoms with Gasteiger partial charge in [0.25, 0.3) is 0 Å². The van der Waals surface area contributed by atoms with Crippen molar-refractivity contribution in [1.82, 2.24) is 9.80 Å². The lowest BCUT2D eigenvalue weighted by molar-refractivity contribution is -0.141. The predicted molar refractivity (Wildman–Crippen MR) is 73.7 cm³/mol. The molecule has 1 aliphatic heterocycles. The molecule has 21 heavy (non-hydrogen) atoms. The molecular formula is C13H21N3O5. The van der Waals surface area contributed by atoms with Crippen molar-refractivity contribution < 1.29 is 23.9 Å². The number of amides is 1. The van der Waals surface area contributed by atoms with Gasteiger partial charge in [0.15, 0.2) is 0 Å².